The van der Waals surface area contributed by atoms with Crippen molar-refractivity contribution in [1.82, 2.24) is 0 Å². The molecule has 0 radical (unpaired) electrons. The van der Waals surface area contributed by atoms with Crippen LogP contribution in [-0.4, -0.2) is 5.11 Å². The lowest BCUT2D eigenvalue weighted by Crippen LogP contribution is -2.03. The molecule has 0 spiro atoms. The first-order valence-electron chi connectivity index (χ1n) is 6.40. The number of hydrogen-bond donors (Lipinski definition) is 1. The molecule has 1 unspecified atom stereocenters. The molecule has 2 aromatic carbocycles. The number of aryl methyl sites for hydroxylation is 2. The second-order valence-corrected chi connectivity index (χ2v) is 5.39. The smallest absolute Gasteiger partial charge is 0.129 e. The zero-order chi connectivity index (χ0) is 13.4. The topological polar surface area (TPSA) is 20.2 Å². The Morgan fingerprint density at radius 2 is 1.84 bits per heavy atom. The van der Waals surface area contributed by atoms with E-state index in [1.807, 2.05) is 18.2 Å². The minimum Gasteiger partial charge on any atom is -0.384 e. The summed E-state index contributed by atoms with van der Waals surface area (Å²) in [6, 6.07) is 10.1. The van der Waals surface area contributed by atoms with E-state index in [1.165, 1.54) is 29.3 Å². The van der Waals surface area contributed by atoms with Crippen molar-refractivity contribution in [3.8, 4) is 0 Å². The summed E-state index contributed by atoms with van der Waals surface area (Å²) in [7, 11) is 0. The molecule has 98 valence electrons. The number of aliphatic hydroxyl groups excluding tert-OH is 1. The van der Waals surface area contributed by atoms with E-state index in [2.05, 4.69) is 0 Å². The van der Waals surface area contributed by atoms with Gasteiger partial charge in [0.25, 0.3) is 0 Å². The molecule has 0 bridgehead atoms. The molecule has 0 heterocycles. The Labute approximate surface area is 116 Å². The van der Waals surface area contributed by atoms with E-state index >= 15 is 0 Å². The van der Waals surface area contributed by atoms with Crippen LogP contribution >= 0.6 is 11.6 Å². The Hall–Kier alpha value is -1.38. The summed E-state index contributed by atoms with van der Waals surface area (Å²) in [5.41, 5.74) is 3.55. The largest absolute Gasteiger partial charge is 0.384 e. The van der Waals surface area contributed by atoms with Crippen molar-refractivity contribution in [1.29, 1.82) is 0 Å². The Balaban J connectivity index is 1.99. The van der Waals surface area contributed by atoms with Gasteiger partial charge in [0, 0.05) is 10.6 Å². The van der Waals surface area contributed by atoms with Gasteiger partial charge in [0.15, 0.2) is 0 Å². The van der Waals surface area contributed by atoms with Crippen LogP contribution in [0, 0.1) is 5.82 Å². The molecular weight excluding hydrogens is 263 g/mol. The van der Waals surface area contributed by atoms with Crippen molar-refractivity contribution < 1.29 is 9.50 Å². The molecule has 19 heavy (non-hydrogen) atoms. The fraction of sp³-hybridized carbons (Fsp3) is 0.250. The van der Waals surface area contributed by atoms with Crippen molar-refractivity contribution >= 4 is 11.6 Å². The van der Waals surface area contributed by atoms with Gasteiger partial charge in [-0.2, -0.15) is 0 Å². The zero-order valence-electron chi connectivity index (χ0n) is 10.4. The zero-order valence-corrected chi connectivity index (χ0v) is 11.1. The summed E-state index contributed by atoms with van der Waals surface area (Å²) in [5, 5.41) is 10.8. The van der Waals surface area contributed by atoms with Crippen molar-refractivity contribution in [3.63, 3.8) is 0 Å². The molecule has 1 aliphatic rings. The molecule has 0 fully saturated rings. The summed E-state index contributed by atoms with van der Waals surface area (Å²) in [5.74, 6) is -0.433. The van der Waals surface area contributed by atoms with Crippen LogP contribution in [0.5, 0.6) is 0 Å². The lowest BCUT2D eigenvalue weighted by Gasteiger charge is -2.14. The molecule has 0 saturated heterocycles. The number of fused-ring (bicyclic) bond motifs is 1. The highest BCUT2D eigenvalue weighted by molar-refractivity contribution is 6.30. The first-order chi connectivity index (χ1) is 9.15. The first kappa shape index (κ1) is 12.6. The van der Waals surface area contributed by atoms with Gasteiger partial charge < -0.3 is 5.11 Å². The molecule has 1 N–H and O–H groups in total. The number of aliphatic hydroxyl groups is 1. The second-order valence-electron chi connectivity index (χ2n) is 4.95. The summed E-state index contributed by atoms with van der Waals surface area (Å²) in [6.45, 7) is 0. The average molecular weight is 277 g/mol. The van der Waals surface area contributed by atoms with E-state index in [-0.39, 0.29) is 5.56 Å². The molecule has 0 amide bonds. The lowest BCUT2D eigenvalue weighted by molar-refractivity contribution is 0.215. The van der Waals surface area contributed by atoms with Crippen molar-refractivity contribution in [2.75, 3.05) is 0 Å². The molecule has 2 aromatic rings. The van der Waals surface area contributed by atoms with E-state index in [4.69, 9.17) is 11.6 Å². The third kappa shape index (κ3) is 2.38. The van der Waals surface area contributed by atoms with Crippen LogP contribution in [-0.2, 0) is 12.8 Å². The molecule has 3 heteroatoms. The van der Waals surface area contributed by atoms with Gasteiger partial charge in [0.2, 0.25) is 0 Å². The van der Waals surface area contributed by atoms with Gasteiger partial charge in [0.05, 0.1) is 0 Å². The molecule has 0 aromatic heterocycles. The van der Waals surface area contributed by atoms with Crippen LogP contribution in [0.25, 0.3) is 0 Å². The van der Waals surface area contributed by atoms with Crippen molar-refractivity contribution in [2.24, 2.45) is 0 Å². The van der Waals surface area contributed by atoms with Gasteiger partial charge >= 0.3 is 0 Å². The first-order valence-corrected chi connectivity index (χ1v) is 6.77. The van der Waals surface area contributed by atoms with Gasteiger partial charge in [-0.15, -0.1) is 0 Å². The second kappa shape index (κ2) is 4.95. The minimum absolute atomic E-state index is 0.227. The number of benzene rings is 2. The Kier molecular flexibility index (Phi) is 3.29. The average Bonchev–Trinajstić information content (AvgIpc) is 2.88. The summed E-state index contributed by atoms with van der Waals surface area (Å²) < 4.78 is 13.8. The van der Waals surface area contributed by atoms with Crippen LogP contribution < -0.4 is 0 Å². The summed E-state index contributed by atoms with van der Waals surface area (Å²) in [6.07, 6.45) is 2.32. The van der Waals surface area contributed by atoms with Crippen molar-refractivity contribution in [2.45, 2.75) is 25.4 Å². The van der Waals surface area contributed by atoms with Crippen LogP contribution in [0.3, 0.4) is 0 Å². The van der Waals surface area contributed by atoms with E-state index in [0.29, 0.717) is 5.02 Å². The van der Waals surface area contributed by atoms with E-state index in [0.717, 1.165) is 24.8 Å². The SMILES string of the molecule is OC(c1ccc2c(c1)CCC2)c1cc(Cl)ccc1F. The van der Waals surface area contributed by atoms with Crippen LogP contribution in [0.1, 0.15) is 34.8 Å². The van der Waals surface area contributed by atoms with E-state index in [9.17, 15) is 9.50 Å². The highest BCUT2D eigenvalue weighted by Gasteiger charge is 2.18. The highest BCUT2D eigenvalue weighted by Crippen LogP contribution is 2.30. The maximum Gasteiger partial charge on any atom is 0.129 e. The quantitative estimate of drug-likeness (QED) is 0.877. The Morgan fingerprint density at radius 1 is 1.05 bits per heavy atom. The highest BCUT2D eigenvalue weighted by atomic mass is 35.5. The van der Waals surface area contributed by atoms with Crippen molar-refractivity contribution in [3.05, 3.63) is 69.5 Å². The predicted molar refractivity (Wildman–Crippen MR) is 73.9 cm³/mol. The maximum atomic E-state index is 13.8. The van der Waals surface area contributed by atoms with E-state index in [1.54, 1.807) is 0 Å². The molecule has 0 saturated carbocycles. The third-order valence-electron chi connectivity index (χ3n) is 3.69. The molecular formula is C16H14ClFO. The van der Waals surface area contributed by atoms with Gasteiger partial charge in [-0.25, -0.2) is 4.39 Å². The maximum absolute atomic E-state index is 13.8. The van der Waals surface area contributed by atoms with E-state index < -0.39 is 11.9 Å². The number of hydrogen-bond acceptors (Lipinski definition) is 1. The Bertz CT molecular complexity index is 624. The summed E-state index contributed by atoms with van der Waals surface area (Å²) in [4.78, 5) is 0. The lowest BCUT2D eigenvalue weighted by atomic mass is 9.97. The van der Waals surface area contributed by atoms with Gasteiger partial charge in [-0.3, -0.25) is 0 Å². The molecule has 0 aliphatic heterocycles. The molecule has 1 atom stereocenters. The van der Waals surface area contributed by atoms with Gasteiger partial charge in [0.1, 0.15) is 11.9 Å². The monoisotopic (exact) mass is 276 g/mol. The minimum atomic E-state index is -0.968. The van der Waals surface area contributed by atoms with Crippen LogP contribution in [0.4, 0.5) is 4.39 Å². The fourth-order valence-corrected chi connectivity index (χ4v) is 2.85. The Morgan fingerprint density at radius 3 is 2.68 bits per heavy atom. The summed E-state index contributed by atoms with van der Waals surface area (Å²) >= 11 is 5.86. The normalized spacial score (nSPS) is 15.3. The molecule has 3 rings (SSSR count). The number of halogens is 2. The predicted octanol–water partition coefficient (Wildman–Crippen LogP) is 4.05. The number of rotatable bonds is 2. The van der Waals surface area contributed by atoms with Crippen LogP contribution in [0.2, 0.25) is 5.02 Å². The third-order valence-corrected chi connectivity index (χ3v) is 3.93. The van der Waals surface area contributed by atoms with Gasteiger partial charge in [-0.05, 0) is 54.2 Å². The van der Waals surface area contributed by atoms with Gasteiger partial charge in [-0.1, -0.05) is 29.8 Å². The fourth-order valence-electron chi connectivity index (χ4n) is 2.67. The van der Waals surface area contributed by atoms with Crippen LogP contribution in [0.15, 0.2) is 36.4 Å². The standard InChI is InChI=1S/C16H14ClFO/c17-13-6-7-15(18)14(9-13)16(19)12-5-4-10-2-1-3-11(10)8-12/h4-9,16,19H,1-3H2. The molecule has 1 aliphatic carbocycles. The molecule has 1 nitrogen and oxygen atoms in total.